The first-order valence-electron chi connectivity index (χ1n) is 10.0. The Morgan fingerprint density at radius 2 is 1.68 bits per heavy atom. The molecule has 0 aromatic heterocycles. The highest BCUT2D eigenvalue weighted by Crippen LogP contribution is 2.44. The molecule has 0 saturated carbocycles. The fourth-order valence-electron chi connectivity index (χ4n) is 4.07. The lowest BCUT2D eigenvalue weighted by molar-refractivity contribution is -0.384. The average molecular weight is 481 g/mol. The quantitative estimate of drug-likeness (QED) is 0.223. The molecule has 12 heteroatoms. The molecule has 34 heavy (non-hydrogen) atoms. The van der Waals surface area contributed by atoms with Crippen molar-refractivity contribution in [3.05, 3.63) is 86.8 Å². The van der Waals surface area contributed by atoms with Crippen molar-refractivity contribution >= 4 is 41.1 Å². The van der Waals surface area contributed by atoms with E-state index in [2.05, 4.69) is 0 Å². The number of fused-ring (bicyclic) bond motifs is 2. The first kappa shape index (κ1) is 21.6. The van der Waals surface area contributed by atoms with Gasteiger partial charge in [0.15, 0.2) is 5.70 Å². The number of thioether (sulfide) groups is 1. The standard InChI is InChI=1S/C22H15N3O8S/c26-15-10-34-21-17(23-18(27)13-3-1-2-4-14(13)19(23)28)20(29)24(21)16(15)22(30)33-9-11-5-7-12(8-6-11)25(31)32/h1-8,17,21,26H,9-10H2/t17?,21-/m0/s1. The van der Waals surface area contributed by atoms with Crippen molar-refractivity contribution < 1.29 is 33.9 Å². The van der Waals surface area contributed by atoms with Gasteiger partial charge in [-0.1, -0.05) is 12.1 Å². The summed E-state index contributed by atoms with van der Waals surface area (Å²) in [4.78, 5) is 63.5. The Hall–Kier alpha value is -4.19. The van der Waals surface area contributed by atoms with E-state index in [1.165, 1.54) is 36.4 Å². The molecule has 3 amide bonds. The third-order valence-electron chi connectivity index (χ3n) is 5.73. The van der Waals surface area contributed by atoms with Gasteiger partial charge in [0.25, 0.3) is 23.4 Å². The van der Waals surface area contributed by atoms with Crippen molar-refractivity contribution in [3.63, 3.8) is 0 Å². The molecule has 1 saturated heterocycles. The number of benzene rings is 2. The van der Waals surface area contributed by atoms with E-state index in [1.807, 2.05) is 0 Å². The van der Waals surface area contributed by atoms with Crippen LogP contribution in [-0.2, 0) is 20.9 Å². The van der Waals surface area contributed by atoms with Gasteiger partial charge in [-0.25, -0.2) is 4.79 Å². The molecule has 0 aliphatic carbocycles. The van der Waals surface area contributed by atoms with Crippen LogP contribution in [0.4, 0.5) is 5.69 Å². The van der Waals surface area contributed by atoms with E-state index in [9.17, 15) is 34.4 Å². The molecule has 2 atom stereocenters. The Balaban J connectivity index is 1.32. The van der Waals surface area contributed by atoms with E-state index in [0.717, 1.165) is 21.6 Å². The number of imide groups is 1. The van der Waals surface area contributed by atoms with Crippen molar-refractivity contribution in [2.24, 2.45) is 0 Å². The highest BCUT2D eigenvalue weighted by Gasteiger charge is 2.60. The molecular formula is C22H15N3O8S. The van der Waals surface area contributed by atoms with E-state index >= 15 is 0 Å². The summed E-state index contributed by atoms with van der Waals surface area (Å²) in [5, 5.41) is 20.3. The van der Waals surface area contributed by atoms with Gasteiger partial charge in [-0.15, -0.1) is 11.8 Å². The van der Waals surface area contributed by atoms with E-state index in [4.69, 9.17) is 4.74 Å². The minimum absolute atomic E-state index is 0.0178. The number of nitro groups is 1. The number of carbonyl (C=O) groups excluding carboxylic acids is 4. The molecule has 11 nitrogen and oxygen atoms in total. The van der Waals surface area contributed by atoms with Gasteiger partial charge >= 0.3 is 5.97 Å². The highest BCUT2D eigenvalue weighted by atomic mass is 32.2. The first-order chi connectivity index (χ1) is 16.3. The van der Waals surface area contributed by atoms with Gasteiger partial charge in [-0.2, -0.15) is 0 Å². The summed E-state index contributed by atoms with van der Waals surface area (Å²) in [5.74, 6) is -3.18. The summed E-state index contributed by atoms with van der Waals surface area (Å²) in [5.41, 5.74) is 0.428. The van der Waals surface area contributed by atoms with Crippen LogP contribution in [0.15, 0.2) is 60.0 Å². The molecule has 172 valence electrons. The number of esters is 1. The lowest BCUT2D eigenvalue weighted by Crippen LogP contribution is -2.71. The van der Waals surface area contributed by atoms with Crippen LogP contribution in [0.2, 0.25) is 0 Å². The van der Waals surface area contributed by atoms with E-state index in [0.29, 0.717) is 5.56 Å². The van der Waals surface area contributed by atoms with Crippen molar-refractivity contribution in [3.8, 4) is 0 Å². The zero-order chi connectivity index (χ0) is 24.1. The zero-order valence-electron chi connectivity index (χ0n) is 17.2. The predicted octanol–water partition coefficient (Wildman–Crippen LogP) is 1.99. The van der Waals surface area contributed by atoms with Crippen molar-refractivity contribution in [2.45, 2.75) is 18.0 Å². The largest absolute Gasteiger partial charge is 0.509 e. The lowest BCUT2D eigenvalue weighted by atomic mass is 10.0. The van der Waals surface area contributed by atoms with E-state index in [1.54, 1.807) is 12.1 Å². The van der Waals surface area contributed by atoms with Gasteiger partial charge in [0, 0.05) is 12.1 Å². The molecule has 1 unspecified atom stereocenters. The summed E-state index contributed by atoms with van der Waals surface area (Å²) in [6.07, 6.45) is 0. The normalized spacial score (nSPS) is 21.2. The van der Waals surface area contributed by atoms with Crippen LogP contribution in [0.25, 0.3) is 0 Å². The molecule has 1 N–H and O–H groups in total. The maximum absolute atomic E-state index is 13.0. The molecule has 2 aromatic carbocycles. The summed E-state index contributed by atoms with van der Waals surface area (Å²) in [6.45, 7) is -0.241. The second-order valence-electron chi connectivity index (χ2n) is 7.68. The monoisotopic (exact) mass is 481 g/mol. The van der Waals surface area contributed by atoms with Gasteiger partial charge in [0.2, 0.25) is 0 Å². The van der Waals surface area contributed by atoms with Gasteiger partial charge in [0.1, 0.15) is 23.8 Å². The average Bonchev–Trinajstić information content (AvgIpc) is 3.08. The highest BCUT2D eigenvalue weighted by molar-refractivity contribution is 8.00. The fourth-order valence-corrected chi connectivity index (χ4v) is 5.31. The number of aliphatic hydroxyl groups is 1. The Kier molecular flexibility index (Phi) is 5.09. The molecule has 1 fully saturated rings. The van der Waals surface area contributed by atoms with E-state index < -0.39 is 40.0 Å². The molecule has 3 aliphatic rings. The minimum Gasteiger partial charge on any atom is -0.509 e. The van der Waals surface area contributed by atoms with Crippen LogP contribution in [-0.4, -0.2) is 60.7 Å². The van der Waals surface area contributed by atoms with Gasteiger partial charge in [-0.05, 0) is 29.8 Å². The molecule has 2 aromatic rings. The number of hydrogen-bond donors (Lipinski definition) is 1. The lowest BCUT2D eigenvalue weighted by Gasteiger charge is -2.50. The molecule has 3 aliphatic heterocycles. The van der Waals surface area contributed by atoms with Crippen LogP contribution < -0.4 is 0 Å². The summed E-state index contributed by atoms with van der Waals surface area (Å²) in [7, 11) is 0. The number of amides is 3. The SMILES string of the molecule is O=C(OCc1ccc([N+](=O)[O-])cc1)C1=C(O)CS[C@H]2C(N3C(=O)c4ccccc4C3=O)C(=O)N12. The summed E-state index contributed by atoms with van der Waals surface area (Å²) < 4.78 is 5.22. The zero-order valence-corrected chi connectivity index (χ0v) is 18.1. The Bertz CT molecular complexity index is 1270. The number of ether oxygens (including phenoxy) is 1. The fraction of sp³-hybridized carbons (Fsp3) is 0.182. The molecule has 0 bridgehead atoms. The van der Waals surface area contributed by atoms with Gasteiger partial charge in [0.05, 0.1) is 21.8 Å². The Morgan fingerprint density at radius 3 is 2.26 bits per heavy atom. The van der Waals surface area contributed by atoms with Crippen LogP contribution in [0, 0.1) is 10.1 Å². The topological polar surface area (TPSA) is 147 Å². The first-order valence-corrected chi connectivity index (χ1v) is 11.1. The summed E-state index contributed by atoms with van der Waals surface area (Å²) >= 11 is 1.12. The minimum atomic E-state index is -1.11. The number of nitro benzene ring substituents is 1. The third kappa shape index (κ3) is 3.22. The van der Waals surface area contributed by atoms with Crippen LogP contribution in [0.1, 0.15) is 26.3 Å². The Morgan fingerprint density at radius 1 is 1.06 bits per heavy atom. The van der Waals surface area contributed by atoms with Crippen LogP contribution >= 0.6 is 11.8 Å². The van der Waals surface area contributed by atoms with Gasteiger partial charge < -0.3 is 9.84 Å². The van der Waals surface area contributed by atoms with Crippen LogP contribution in [0.5, 0.6) is 0 Å². The second-order valence-corrected chi connectivity index (χ2v) is 8.78. The number of nitrogens with zero attached hydrogens (tertiary/aromatic N) is 3. The van der Waals surface area contributed by atoms with Gasteiger partial charge in [-0.3, -0.25) is 34.3 Å². The molecule has 5 rings (SSSR count). The second kappa shape index (κ2) is 7.99. The molecule has 0 spiro atoms. The van der Waals surface area contributed by atoms with Crippen molar-refractivity contribution in [1.82, 2.24) is 9.80 Å². The smallest absolute Gasteiger partial charge is 0.358 e. The molecule has 3 heterocycles. The van der Waals surface area contributed by atoms with Crippen molar-refractivity contribution in [1.29, 1.82) is 0 Å². The van der Waals surface area contributed by atoms with Crippen LogP contribution in [0.3, 0.4) is 0 Å². The molecule has 0 radical (unpaired) electrons. The summed E-state index contributed by atoms with van der Waals surface area (Å²) in [6, 6.07) is 10.5. The number of hydrogen-bond acceptors (Lipinski definition) is 9. The number of non-ortho nitro benzene ring substituents is 1. The number of rotatable bonds is 5. The predicted molar refractivity (Wildman–Crippen MR) is 116 cm³/mol. The number of aliphatic hydroxyl groups excluding tert-OH is 1. The number of β-lactam (4-membered cyclic amide) rings is 1. The molecular weight excluding hydrogens is 466 g/mol. The number of carbonyl (C=O) groups is 4. The maximum Gasteiger partial charge on any atom is 0.358 e. The third-order valence-corrected chi connectivity index (χ3v) is 6.98. The maximum atomic E-state index is 13.0. The Labute approximate surface area is 195 Å². The van der Waals surface area contributed by atoms with Crippen molar-refractivity contribution in [2.75, 3.05) is 5.75 Å². The van der Waals surface area contributed by atoms with E-state index in [-0.39, 0.29) is 40.6 Å².